The fourth-order valence-electron chi connectivity index (χ4n) is 1.90. The molecule has 6 heteroatoms. The molecule has 2 aromatic carbocycles. The number of aryl methyl sites for hydroxylation is 1. The van der Waals surface area contributed by atoms with E-state index in [0.717, 1.165) is 17.7 Å². The van der Waals surface area contributed by atoms with Crippen molar-refractivity contribution in [3.63, 3.8) is 0 Å². The molecule has 0 spiro atoms. The number of rotatable bonds is 4. The maximum atomic E-state index is 13.6. The van der Waals surface area contributed by atoms with Crippen molar-refractivity contribution < 1.29 is 18.4 Å². The lowest BCUT2D eigenvalue weighted by molar-refractivity contribution is -0.135. The fourth-order valence-corrected chi connectivity index (χ4v) is 1.90. The van der Waals surface area contributed by atoms with Crippen LogP contribution in [0.2, 0.25) is 0 Å². The first-order valence-corrected chi connectivity index (χ1v) is 7.35. The zero-order valence-electron chi connectivity index (χ0n) is 13.6. The first-order chi connectivity index (χ1) is 11.2. The monoisotopic (exact) mass is 332 g/mol. The Bertz CT molecular complexity index is 771. The van der Waals surface area contributed by atoms with Gasteiger partial charge in [0.05, 0.1) is 5.69 Å². The van der Waals surface area contributed by atoms with Gasteiger partial charge in [-0.15, -0.1) is 0 Å². The summed E-state index contributed by atoms with van der Waals surface area (Å²) in [6, 6.07) is 9.90. The summed E-state index contributed by atoms with van der Waals surface area (Å²) in [5.41, 5.74) is -0.0417. The molecule has 4 nitrogen and oxygen atoms in total. The van der Waals surface area contributed by atoms with Crippen LogP contribution in [0.3, 0.4) is 0 Å². The molecule has 126 valence electrons. The molecular formula is C18H18F2N2O2. The van der Waals surface area contributed by atoms with E-state index >= 15 is 0 Å². The first kappa shape index (κ1) is 17.6. The molecule has 2 amide bonds. The second-order valence-corrected chi connectivity index (χ2v) is 6.02. The largest absolute Gasteiger partial charge is 0.325 e. The molecular weight excluding hydrogens is 314 g/mol. The standard InChI is InChI=1S/C18H18F2N2O2/c1-11-4-7-13(8-5-11)21-16(23)18(2,3)17(24)22-15-9-6-12(19)10-14(15)20/h4-10H,1-3H3,(H,21,23)(H,22,24). The molecule has 0 atom stereocenters. The van der Waals surface area contributed by atoms with E-state index in [1.807, 2.05) is 19.1 Å². The van der Waals surface area contributed by atoms with Gasteiger partial charge >= 0.3 is 0 Å². The van der Waals surface area contributed by atoms with Crippen LogP contribution in [0.1, 0.15) is 19.4 Å². The highest BCUT2D eigenvalue weighted by molar-refractivity contribution is 6.14. The van der Waals surface area contributed by atoms with Crippen LogP contribution in [0.5, 0.6) is 0 Å². The summed E-state index contributed by atoms with van der Waals surface area (Å²) in [7, 11) is 0. The van der Waals surface area contributed by atoms with E-state index in [-0.39, 0.29) is 5.69 Å². The van der Waals surface area contributed by atoms with Crippen LogP contribution < -0.4 is 10.6 Å². The third-order valence-corrected chi connectivity index (χ3v) is 3.62. The van der Waals surface area contributed by atoms with E-state index in [2.05, 4.69) is 10.6 Å². The Morgan fingerprint density at radius 2 is 1.50 bits per heavy atom. The average molecular weight is 332 g/mol. The number of carbonyl (C=O) groups excluding carboxylic acids is 2. The third kappa shape index (κ3) is 3.95. The molecule has 0 fully saturated rings. The van der Waals surface area contributed by atoms with Gasteiger partial charge in [0.1, 0.15) is 17.0 Å². The maximum absolute atomic E-state index is 13.6. The lowest BCUT2D eigenvalue weighted by Gasteiger charge is -2.23. The van der Waals surface area contributed by atoms with E-state index in [9.17, 15) is 18.4 Å². The Balaban J connectivity index is 2.11. The summed E-state index contributed by atoms with van der Waals surface area (Å²) < 4.78 is 26.5. The fraction of sp³-hybridized carbons (Fsp3) is 0.222. The number of hydrogen-bond acceptors (Lipinski definition) is 2. The Morgan fingerprint density at radius 3 is 2.08 bits per heavy atom. The smallest absolute Gasteiger partial charge is 0.239 e. The lowest BCUT2D eigenvalue weighted by atomic mass is 9.90. The van der Waals surface area contributed by atoms with Crippen molar-refractivity contribution in [3.8, 4) is 0 Å². The van der Waals surface area contributed by atoms with E-state index < -0.39 is 28.9 Å². The summed E-state index contributed by atoms with van der Waals surface area (Å²) in [6.45, 7) is 4.76. The van der Waals surface area contributed by atoms with Crippen LogP contribution in [0, 0.1) is 24.0 Å². The molecule has 0 radical (unpaired) electrons. The van der Waals surface area contributed by atoms with Crippen LogP contribution in [-0.4, -0.2) is 11.8 Å². The Labute approximate surface area is 138 Å². The minimum absolute atomic E-state index is 0.183. The van der Waals surface area contributed by atoms with Gasteiger partial charge in [0.2, 0.25) is 11.8 Å². The minimum atomic E-state index is -1.45. The molecule has 0 heterocycles. The van der Waals surface area contributed by atoms with Crippen molar-refractivity contribution in [2.24, 2.45) is 5.41 Å². The summed E-state index contributed by atoms with van der Waals surface area (Å²) >= 11 is 0. The van der Waals surface area contributed by atoms with Crippen molar-refractivity contribution in [1.29, 1.82) is 0 Å². The number of benzene rings is 2. The highest BCUT2D eigenvalue weighted by Crippen LogP contribution is 2.23. The number of carbonyl (C=O) groups is 2. The molecule has 24 heavy (non-hydrogen) atoms. The highest BCUT2D eigenvalue weighted by atomic mass is 19.1. The molecule has 2 N–H and O–H groups in total. The van der Waals surface area contributed by atoms with Crippen molar-refractivity contribution in [2.75, 3.05) is 10.6 Å². The zero-order chi connectivity index (χ0) is 17.9. The van der Waals surface area contributed by atoms with Crippen LogP contribution in [0.15, 0.2) is 42.5 Å². The number of anilines is 2. The molecule has 0 unspecified atom stereocenters. The Kier molecular flexibility index (Phi) is 4.97. The zero-order valence-corrected chi connectivity index (χ0v) is 13.6. The molecule has 0 saturated heterocycles. The van der Waals surface area contributed by atoms with Crippen LogP contribution in [0.25, 0.3) is 0 Å². The Hall–Kier alpha value is -2.76. The first-order valence-electron chi connectivity index (χ1n) is 7.35. The van der Waals surface area contributed by atoms with Gasteiger partial charge in [0.25, 0.3) is 0 Å². The lowest BCUT2D eigenvalue weighted by Crippen LogP contribution is -2.41. The second kappa shape index (κ2) is 6.78. The molecule has 0 bridgehead atoms. The molecule has 0 aliphatic rings. The molecule has 0 aliphatic carbocycles. The number of halogens is 2. The normalized spacial score (nSPS) is 11.0. The third-order valence-electron chi connectivity index (χ3n) is 3.62. The van der Waals surface area contributed by atoms with Gasteiger partial charge in [0.15, 0.2) is 0 Å². The van der Waals surface area contributed by atoms with Crippen LogP contribution in [0.4, 0.5) is 20.2 Å². The number of hydrogen-bond donors (Lipinski definition) is 2. The van der Waals surface area contributed by atoms with Gasteiger partial charge in [0, 0.05) is 11.8 Å². The van der Waals surface area contributed by atoms with Crippen molar-refractivity contribution in [1.82, 2.24) is 0 Å². The van der Waals surface area contributed by atoms with Gasteiger partial charge in [-0.2, -0.15) is 0 Å². The van der Waals surface area contributed by atoms with Gasteiger partial charge in [-0.25, -0.2) is 8.78 Å². The minimum Gasteiger partial charge on any atom is -0.325 e. The highest BCUT2D eigenvalue weighted by Gasteiger charge is 2.36. The van der Waals surface area contributed by atoms with E-state index in [0.29, 0.717) is 11.8 Å². The molecule has 2 aromatic rings. The molecule has 0 saturated carbocycles. The van der Waals surface area contributed by atoms with E-state index in [1.54, 1.807) is 12.1 Å². The van der Waals surface area contributed by atoms with Gasteiger partial charge in [-0.05, 0) is 45.0 Å². The van der Waals surface area contributed by atoms with Gasteiger partial charge in [-0.3, -0.25) is 9.59 Å². The topological polar surface area (TPSA) is 58.2 Å². The molecule has 2 rings (SSSR count). The van der Waals surface area contributed by atoms with Crippen molar-refractivity contribution in [2.45, 2.75) is 20.8 Å². The second-order valence-electron chi connectivity index (χ2n) is 6.02. The Morgan fingerprint density at radius 1 is 0.917 bits per heavy atom. The number of nitrogens with one attached hydrogen (secondary N) is 2. The molecule has 0 aliphatic heterocycles. The maximum Gasteiger partial charge on any atom is 0.239 e. The summed E-state index contributed by atoms with van der Waals surface area (Å²) in [6.07, 6.45) is 0. The predicted octanol–water partition coefficient (Wildman–Crippen LogP) is 3.88. The average Bonchev–Trinajstić information content (AvgIpc) is 2.52. The van der Waals surface area contributed by atoms with E-state index in [4.69, 9.17) is 0 Å². The molecule has 0 aromatic heterocycles. The summed E-state index contributed by atoms with van der Waals surface area (Å²) in [5.74, 6) is -2.89. The summed E-state index contributed by atoms with van der Waals surface area (Å²) in [5, 5.41) is 4.96. The van der Waals surface area contributed by atoms with Gasteiger partial charge in [-0.1, -0.05) is 17.7 Å². The predicted molar refractivity (Wildman–Crippen MR) is 88.6 cm³/mol. The van der Waals surface area contributed by atoms with Crippen LogP contribution >= 0.6 is 0 Å². The quantitative estimate of drug-likeness (QED) is 0.835. The van der Waals surface area contributed by atoms with Crippen molar-refractivity contribution >= 4 is 23.2 Å². The van der Waals surface area contributed by atoms with E-state index in [1.165, 1.54) is 13.8 Å². The SMILES string of the molecule is Cc1ccc(NC(=O)C(C)(C)C(=O)Nc2ccc(F)cc2F)cc1. The van der Waals surface area contributed by atoms with Crippen molar-refractivity contribution in [3.05, 3.63) is 59.7 Å². The summed E-state index contributed by atoms with van der Waals surface area (Å²) in [4.78, 5) is 24.7. The van der Waals surface area contributed by atoms with Gasteiger partial charge < -0.3 is 10.6 Å². The van der Waals surface area contributed by atoms with Crippen LogP contribution in [-0.2, 0) is 9.59 Å². The number of amides is 2.